The maximum atomic E-state index is 13.5. The van der Waals surface area contributed by atoms with E-state index in [1.54, 1.807) is 12.4 Å². The molecule has 3 aliphatic rings. The van der Waals surface area contributed by atoms with Crippen molar-refractivity contribution in [3.63, 3.8) is 0 Å². The number of hydrogen-bond acceptors (Lipinski definition) is 6. The number of benzene rings is 1. The van der Waals surface area contributed by atoms with Gasteiger partial charge in [0.05, 0.1) is 23.0 Å². The van der Waals surface area contributed by atoms with Crippen LogP contribution in [0.5, 0.6) is 5.88 Å². The molecule has 29 heavy (non-hydrogen) atoms. The highest BCUT2D eigenvalue weighted by Crippen LogP contribution is 2.38. The molecule has 1 aliphatic carbocycles. The van der Waals surface area contributed by atoms with Gasteiger partial charge in [-0.15, -0.1) is 0 Å². The second kappa shape index (κ2) is 7.30. The Morgan fingerprint density at radius 3 is 2.69 bits per heavy atom. The molecule has 154 valence electrons. The molecular weight excluding hydrogens is 395 g/mol. The van der Waals surface area contributed by atoms with E-state index in [1.807, 2.05) is 0 Å². The highest BCUT2D eigenvalue weighted by atomic mass is 32.2. The lowest BCUT2D eigenvalue weighted by Crippen LogP contribution is -2.51. The summed E-state index contributed by atoms with van der Waals surface area (Å²) in [6.45, 7) is 2.14. The Morgan fingerprint density at radius 2 is 1.97 bits per heavy atom. The normalized spacial score (nSPS) is 25.7. The molecule has 1 aromatic heterocycles. The average molecular weight is 418 g/mol. The van der Waals surface area contributed by atoms with Crippen molar-refractivity contribution in [2.75, 3.05) is 26.2 Å². The van der Waals surface area contributed by atoms with Crippen molar-refractivity contribution >= 4 is 10.0 Å². The van der Waals surface area contributed by atoms with Gasteiger partial charge < -0.3 is 4.74 Å². The third-order valence-electron chi connectivity index (χ3n) is 5.91. The van der Waals surface area contributed by atoms with Gasteiger partial charge in [-0.3, -0.25) is 9.88 Å². The average Bonchev–Trinajstić information content (AvgIpc) is 3.48. The molecule has 2 saturated heterocycles. The summed E-state index contributed by atoms with van der Waals surface area (Å²) >= 11 is 0. The van der Waals surface area contributed by atoms with Gasteiger partial charge in [-0.05, 0) is 31.0 Å². The second-order valence-electron chi connectivity index (χ2n) is 8.00. The lowest BCUT2D eigenvalue weighted by Gasteiger charge is -2.36. The lowest BCUT2D eigenvalue weighted by atomic mass is 10.2. The van der Waals surface area contributed by atoms with Crippen LogP contribution in [0.2, 0.25) is 0 Å². The summed E-state index contributed by atoms with van der Waals surface area (Å²) in [7, 11) is -3.70. The minimum absolute atomic E-state index is 0.00257. The summed E-state index contributed by atoms with van der Waals surface area (Å²) in [5.41, 5.74) is 1.03. The van der Waals surface area contributed by atoms with E-state index in [-0.39, 0.29) is 17.0 Å². The molecule has 5 rings (SSSR count). The Labute approximate surface area is 169 Å². The van der Waals surface area contributed by atoms with E-state index >= 15 is 0 Å². The van der Waals surface area contributed by atoms with E-state index in [2.05, 4.69) is 14.9 Å². The first-order chi connectivity index (χ1) is 14.0. The molecular formula is C20H23FN4O3S. The highest BCUT2D eigenvalue weighted by Gasteiger charge is 2.41. The zero-order valence-corrected chi connectivity index (χ0v) is 16.8. The largest absolute Gasteiger partial charge is 0.472 e. The summed E-state index contributed by atoms with van der Waals surface area (Å²) in [5, 5.41) is 0. The van der Waals surface area contributed by atoms with Gasteiger partial charge in [-0.1, -0.05) is 6.07 Å². The van der Waals surface area contributed by atoms with E-state index in [1.165, 1.54) is 35.3 Å². The van der Waals surface area contributed by atoms with Crippen LogP contribution in [0.25, 0.3) is 0 Å². The molecule has 0 N–H and O–H groups in total. The van der Waals surface area contributed by atoms with Crippen LogP contribution in [0.4, 0.5) is 4.39 Å². The fraction of sp³-hybridized carbons (Fsp3) is 0.500. The first kappa shape index (κ1) is 18.9. The number of hydrogen-bond donors (Lipinski definition) is 0. The quantitative estimate of drug-likeness (QED) is 0.740. The number of nitrogens with zero attached hydrogens (tertiary/aromatic N) is 4. The summed E-state index contributed by atoms with van der Waals surface area (Å²) < 4.78 is 46.7. The minimum atomic E-state index is -3.70. The molecule has 9 heteroatoms. The number of piperazine rings is 1. The van der Waals surface area contributed by atoms with Crippen molar-refractivity contribution in [2.24, 2.45) is 0 Å². The Balaban J connectivity index is 1.23. The number of aromatic nitrogens is 2. The number of sulfonamides is 1. The van der Waals surface area contributed by atoms with Crippen LogP contribution in [0.15, 0.2) is 41.6 Å². The van der Waals surface area contributed by atoms with Gasteiger partial charge in [0.15, 0.2) is 0 Å². The zero-order chi connectivity index (χ0) is 20.0. The SMILES string of the molecule is O=S(=O)(c1cccc(F)c1)N1CCN2C[C@H](Oc3cnc(C4CC4)cn3)C[C@H]2C1. The third-order valence-corrected chi connectivity index (χ3v) is 7.77. The summed E-state index contributed by atoms with van der Waals surface area (Å²) in [5.74, 6) is 0.527. The predicted octanol–water partition coefficient (Wildman–Crippen LogP) is 2.02. The van der Waals surface area contributed by atoms with Crippen molar-refractivity contribution in [1.29, 1.82) is 0 Å². The van der Waals surface area contributed by atoms with Gasteiger partial charge in [0.2, 0.25) is 15.9 Å². The van der Waals surface area contributed by atoms with Gasteiger partial charge in [-0.2, -0.15) is 4.31 Å². The first-order valence-electron chi connectivity index (χ1n) is 9.97. The highest BCUT2D eigenvalue weighted by molar-refractivity contribution is 7.89. The molecule has 0 bridgehead atoms. The van der Waals surface area contributed by atoms with E-state index in [0.717, 1.165) is 24.7 Å². The Kier molecular flexibility index (Phi) is 4.76. The molecule has 7 nitrogen and oxygen atoms in total. The van der Waals surface area contributed by atoms with Crippen LogP contribution >= 0.6 is 0 Å². The van der Waals surface area contributed by atoms with Gasteiger partial charge in [0.25, 0.3) is 0 Å². The number of fused-ring (bicyclic) bond motifs is 1. The topological polar surface area (TPSA) is 75.6 Å². The summed E-state index contributed by atoms with van der Waals surface area (Å²) in [4.78, 5) is 11.1. The van der Waals surface area contributed by atoms with Crippen molar-refractivity contribution in [3.05, 3.63) is 48.2 Å². The molecule has 0 unspecified atom stereocenters. The van der Waals surface area contributed by atoms with E-state index in [4.69, 9.17) is 4.74 Å². The summed E-state index contributed by atoms with van der Waals surface area (Å²) in [6.07, 6.45) is 6.53. The van der Waals surface area contributed by atoms with Crippen LogP contribution in [0.1, 0.15) is 30.9 Å². The van der Waals surface area contributed by atoms with Crippen LogP contribution in [0, 0.1) is 5.82 Å². The maximum absolute atomic E-state index is 13.5. The van der Waals surface area contributed by atoms with Crippen molar-refractivity contribution in [1.82, 2.24) is 19.2 Å². The molecule has 2 aromatic rings. The molecule has 2 aliphatic heterocycles. The molecule has 0 amide bonds. The predicted molar refractivity (Wildman–Crippen MR) is 104 cm³/mol. The second-order valence-corrected chi connectivity index (χ2v) is 9.94. The Hall–Kier alpha value is -2.10. The van der Waals surface area contributed by atoms with Gasteiger partial charge >= 0.3 is 0 Å². The van der Waals surface area contributed by atoms with Crippen molar-refractivity contribution in [3.8, 4) is 5.88 Å². The van der Waals surface area contributed by atoms with E-state index < -0.39 is 15.8 Å². The number of ether oxygens (including phenoxy) is 1. The minimum Gasteiger partial charge on any atom is -0.472 e. The fourth-order valence-corrected chi connectivity index (χ4v) is 5.70. The number of rotatable bonds is 5. The Morgan fingerprint density at radius 1 is 1.10 bits per heavy atom. The zero-order valence-electron chi connectivity index (χ0n) is 15.9. The smallest absolute Gasteiger partial charge is 0.243 e. The van der Waals surface area contributed by atoms with Crippen LogP contribution < -0.4 is 4.74 Å². The monoisotopic (exact) mass is 418 g/mol. The summed E-state index contributed by atoms with van der Waals surface area (Å²) in [6, 6.07) is 5.26. The molecule has 3 heterocycles. The number of halogens is 1. The first-order valence-corrected chi connectivity index (χ1v) is 11.4. The van der Waals surface area contributed by atoms with Crippen LogP contribution in [-0.2, 0) is 10.0 Å². The van der Waals surface area contributed by atoms with Crippen molar-refractivity contribution in [2.45, 2.75) is 42.2 Å². The molecule has 0 radical (unpaired) electrons. The lowest BCUT2D eigenvalue weighted by molar-refractivity contribution is 0.151. The van der Waals surface area contributed by atoms with Crippen LogP contribution in [0.3, 0.4) is 0 Å². The molecule has 1 saturated carbocycles. The van der Waals surface area contributed by atoms with Crippen molar-refractivity contribution < 1.29 is 17.5 Å². The van der Waals surface area contributed by atoms with Gasteiger partial charge in [0, 0.05) is 44.6 Å². The van der Waals surface area contributed by atoms with Gasteiger partial charge in [0.1, 0.15) is 11.9 Å². The molecule has 2 atom stereocenters. The van der Waals surface area contributed by atoms with E-state index in [0.29, 0.717) is 31.4 Å². The van der Waals surface area contributed by atoms with Crippen LogP contribution in [-0.4, -0.2) is 65.9 Å². The standard InChI is InChI=1S/C20H23FN4O3S/c21-15-2-1-3-18(8-15)29(26,27)25-7-6-24-13-17(9-16(24)12-25)28-20-11-22-19(10-23-20)14-4-5-14/h1-3,8,10-11,14,16-17H,4-7,9,12-13H2/t16-,17+/m0/s1. The molecule has 0 spiro atoms. The fourth-order valence-electron chi connectivity index (χ4n) is 4.20. The van der Waals surface area contributed by atoms with Gasteiger partial charge in [-0.25, -0.2) is 17.8 Å². The Bertz CT molecular complexity index is 997. The van der Waals surface area contributed by atoms with E-state index in [9.17, 15) is 12.8 Å². The maximum Gasteiger partial charge on any atom is 0.243 e. The molecule has 1 aromatic carbocycles. The third kappa shape index (κ3) is 3.86. The molecule has 3 fully saturated rings.